The summed E-state index contributed by atoms with van der Waals surface area (Å²) in [6.07, 6.45) is -5.32. The summed E-state index contributed by atoms with van der Waals surface area (Å²) in [4.78, 5) is 22.7. The molecular weight excluding hydrogens is 267 g/mol. The Morgan fingerprint density at radius 1 is 1.37 bits per heavy atom. The number of halogens is 3. The molecule has 0 aliphatic carbocycles. The van der Waals surface area contributed by atoms with Gasteiger partial charge in [-0.25, -0.2) is 4.79 Å². The molecule has 0 aromatic carbocycles. The second kappa shape index (κ2) is 4.99. The maximum atomic E-state index is 12.6. The van der Waals surface area contributed by atoms with Crippen LogP contribution in [0.2, 0.25) is 0 Å². The molecule has 1 saturated heterocycles. The Morgan fingerprint density at radius 3 is 2.32 bits per heavy atom. The van der Waals surface area contributed by atoms with Gasteiger partial charge in [0.2, 0.25) is 5.91 Å². The topological polar surface area (TPSA) is 75.6 Å². The summed E-state index contributed by atoms with van der Waals surface area (Å²) in [5.41, 5.74) is -3.82. The number of alkyl halides is 3. The van der Waals surface area contributed by atoms with Crippen molar-refractivity contribution in [2.75, 3.05) is 13.2 Å². The first kappa shape index (κ1) is 15.7. The van der Waals surface area contributed by atoms with Crippen LogP contribution in [0.15, 0.2) is 0 Å². The maximum Gasteiger partial charge on any atom is 0.394 e. The minimum Gasteiger partial charge on any atom is -0.479 e. The van der Waals surface area contributed by atoms with Gasteiger partial charge in [-0.05, 0) is 0 Å². The third-order valence-electron chi connectivity index (χ3n) is 3.18. The van der Waals surface area contributed by atoms with Crippen molar-refractivity contribution in [1.82, 2.24) is 5.32 Å². The lowest BCUT2D eigenvalue weighted by Crippen LogP contribution is -2.56. The number of nitrogens with one attached hydrogen (secondary N) is 1. The molecule has 0 aromatic heterocycles. The van der Waals surface area contributed by atoms with E-state index in [2.05, 4.69) is 5.32 Å². The number of carbonyl (C=O) groups excluding carboxylic acids is 1. The van der Waals surface area contributed by atoms with E-state index in [1.807, 2.05) is 0 Å². The number of carboxylic acid groups (broad SMARTS) is 1. The molecule has 1 aliphatic heterocycles. The van der Waals surface area contributed by atoms with Crippen LogP contribution in [0.3, 0.4) is 0 Å². The molecule has 110 valence electrons. The van der Waals surface area contributed by atoms with E-state index in [1.54, 1.807) is 0 Å². The first-order valence-corrected chi connectivity index (χ1v) is 5.69. The molecule has 8 heteroatoms. The highest BCUT2D eigenvalue weighted by molar-refractivity contribution is 5.87. The lowest BCUT2D eigenvalue weighted by molar-refractivity contribution is -0.214. The Bertz CT molecular complexity index is 373. The minimum atomic E-state index is -4.53. The summed E-state index contributed by atoms with van der Waals surface area (Å²) >= 11 is 0. The van der Waals surface area contributed by atoms with Gasteiger partial charge in [-0.15, -0.1) is 0 Å². The van der Waals surface area contributed by atoms with E-state index in [-0.39, 0.29) is 19.6 Å². The predicted molar refractivity (Wildman–Crippen MR) is 58.4 cm³/mol. The molecule has 0 spiro atoms. The van der Waals surface area contributed by atoms with Crippen LogP contribution >= 0.6 is 0 Å². The van der Waals surface area contributed by atoms with E-state index in [4.69, 9.17) is 9.84 Å². The smallest absolute Gasteiger partial charge is 0.394 e. The van der Waals surface area contributed by atoms with Crippen LogP contribution in [0, 0.1) is 5.41 Å². The molecule has 1 fully saturated rings. The molecule has 5 nitrogen and oxygen atoms in total. The molecule has 0 bridgehead atoms. The summed E-state index contributed by atoms with van der Waals surface area (Å²) in [5, 5.41) is 11.2. The number of hydrogen-bond donors (Lipinski definition) is 2. The quantitative estimate of drug-likeness (QED) is 0.816. The Labute approximate surface area is 108 Å². The zero-order valence-corrected chi connectivity index (χ0v) is 10.6. The van der Waals surface area contributed by atoms with Crippen LogP contribution in [0.1, 0.15) is 26.7 Å². The third-order valence-corrected chi connectivity index (χ3v) is 3.18. The molecule has 19 heavy (non-hydrogen) atoms. The van der Waals surface area contributed by atoms with Gasteiger partial charge in [0.1, 0.15) is 0 Å². The van der Waals surface area contributed by atoms with E-state index in [0.717, 1.165) is 13.8 Å². The predicted octanol–water partition coefficient (Wildman–Crippen LogP) is 1.32. The first-order chi connectivity index (χ1) is 8.50. The normalized spacial score (nSPS) is 24.3. The average Bonchev–Trinajstić information content (AvgIpc) is 2.64. The van der Waals surface area contributed by atoms with Crippen LogP contribution in [0.25, 0.3) is 0 Å². The first-order valence-electron chi connectivity index (χ1n) is 5.69. The Hall–Kier alpha value is -1.31. The lowest BCUT2D eigenvalue weighted by Gasteiger charge is -2.29. The van der Waals surface area contributed by atoms with Crippen molar-refractivity contribution in [3.05, 3.63) is 0 Å². The fraction of sp³-hybridized carbons (Fsp3) is 0.818. The number of rotatable bonds is 4. The van der Waals surface area contributed by atoms with E-state index < -0.39 is 35.4 Å². The molecule has 0 aromatic rings. The number of ether oxygens (including phenoxy) is 1. The van der Waals surface area contributed by atoms with Gasteiger partial charge in [-0.3, -0.25) is 4.79 Å². The standard InChI is InChI=1S/C11H16F3NO4/c1-9(2,11(12,13)14)5-7(16)15-10(8(17)18)3-4-19-6-10/h3-6H2,1-2H3,(H,15,16)(H,17,18). The van der Waals surface area contributed by atoms with Crippen molar-refractivity contribution >= 4 is 11.9 Å². The molecule has 0 radical (unpaired) electrons. The Balaban J connectivity index is 2.72. The monoisotopic (exact) mass is 283 g/mol. The number of carbonyl (C=O) groups is 2. The number of carboxylic acids is 1. The molecule has 1 aliphatic rings. The van der Waals surface area contributed by atoms with Crippen molar-refractivity contribution in [3.63, 3.8) is 0 Å². The summed E-state index contributed by atoms with van der Waals surface area (Å²) in [6, 6.07) is 0. The van der Waals surface area contributed by atoms with Crippen LogP contribution in [-0.4, -0.2) is 41.9 Å². The summed E-state index contributed by atoms with van der Waals surface area (Å²) in [7, 11) is 0. The van der Waals surface area contributed by atoms with E-state index in [1.165, 1.54) is 0 Å². The molecule has 1 unspecified atom stereocenters. The second-order valence-electron chi connectivity index (χ2n) is 5.30. The van der Waals surface area contributed by atoms with Crippen molar-refractivity contribution in [2.45, 2.75) is 38.4 Å². The SMILES string of the molecule is CC(C)(CC(=O)NC1(C(=O)O)CCOC1)C(F)(F)F. The lowest BCUT2D eigenvalue weighted by atomic mass is 9.87. The molecular formula is C11H16F3NO4. The van der Waals surface area contributed by atoms with Gasteiger partial charge >= 0.3 is 12.1 Å². The van der Waals surface area contributed by atoms with Gasteiger partial charge in [-0.1, -0.05) is 13.8 Å². The molecule has 1 amide bonds. The average molecular weight is 283 g/mol. The van der Waals surface area contributed by atoms with Crippen molar-refractivity contribution in [3.8, 4) is 0 Å². The Morgan fingerprint density at radius 2 is 1.95 bits per heavy atom. The van der Waals surface area contributed by atoms with Gasteiger partial charge in [-0.2, -0.15) is 13.2 Å². The fourth-order valence-electron chi connectivity index (χ4n) is 1.70. The number of hydrogen-bond acceptors (Lipinski definition) is 3. The summed E-state index contributed by atoms with van der Waals surface area (Å²) in [5.74, 6) is -2.25. The summed E-state index contributed by atoms with van der Waals surface area (Å²) < 4.78 is 42.8. The molecule has 0 saturated carbocycles. The van der Waals surface area contributed by atoms with Crippen LogP contribution in [0.4, 0.5) is 13.2 Å². The van der Waals surface area contributed by atoms with Gasteiger partial charge in [0.15, 0.2) is 5.54 Å². The van der Waals surface area contributed by atoms with Gasteiger partial charge in [0.05, 0.1) is 12.0 Å². The zero-order chi connectivity index (χ0) is 14.9. The highest BCUT2D eigenvalue weighted by Gasteiger charge is 2.50. The Kier molecular flexibility index (Phi) is 4.14. The molecule has 1 rings (SSSR count). The van der Waals surface area contributed by atoms with E-state index in [0.29, 0.717) is 0 Å². The van der Waals surface area contributed by atoms with Crippen molar-refractivity contribution in [2.24, 2.45) is 5.41 Å². The van der Waals surface area contributed by atoms with Crippen molar-refractivity contribution < 1.29 is 32.6 Å². The molecule has 2 N–H and O–H groups in total. The van der Waals surface area contributed by atoms with Crippen LogP contribution < -0.4 is 5.32 Å². The second-order valence-corrected chi connectivity index (χ2v) is 5.30. The van der Waals surface area contributed by atoms with E-state index in [9.17, 15) is 22.8 Å². The van der Waals surface area contributed by atoms with Crippen LogP contribution in [-0.2, 0) is 14.3 Å². The summed E-state index contributed by atoms with van der Waals surface area (Å²) in [6.45, 7) is 1.70. The molecule has 1 atom stereocenters. The third kappa shape index (κ3) is 3.37. The van der Waals surface area contributed by atoms with Crippen molar-refractivity contribution in [1.29, 1.82) is 0 Å². The highest BCUT2D eigenvalue weighted by atomic mass is 19.4. The van der Waals surface area contributed by atoms with Gasteiger partial charge < -0.3 is 15.2 Å². The number of aliphatic carboxylic acids is 1. The maximum absolute atomic E-state index is 12.6. The number of amides is 1. The van der Waals surface area contributed by atoms with E-state index >= 15 is 0 Å². The largest absolute Gasteiger partial charge is 0.479 e. The minimum absolute atomic E-state index is 0.0422. The van der Waals surface area contributed by atoms with Crippen LogP contribution in [0.5, 0.6) is 0 Å². The molecule has 1 heterocycles. The van der Waals surface area contributed by atoms with Gasteiger partial charge in [0, 0.05) is 19.4 Å². The zero-order valence-electron chi connectivity index (χ0n) is 10.6. The highest BCUT2D eigenvalue weighted by Crippen LogP contribution is 2.40. The fourth-order valence-corrected chi connectivity index (χ4v) is 1.70. The van der Waals surface area contributed by atoms with Gasteiger partial charge in [0.25, 0.3) is 0 Å².